The zero-order valence-corrected chi connectivity index (χ0v) is 25.9. The first-order valence-electron chi connectivity index (χ1n) is 14.5. The molecule has 3 heterocycles. The van der Waals surface area contributed by atoms with Crippen molar-refractivity contribution in [1.29, 1.82) is 0 Å². The van der Waals surface area contributed by atoms with Crippen LogP contribution in [0.1, 0.15) is 60.3 Å². The van der Waals surface area contributed by atoms with Crippen molar-refractivity contribution in [3.05, 3.63) is 46.2 Å². The van der Waals surface area contributed by atoms with Gasteiger partial charge in [0.05, 0.1) is 18.4 Å². The molecule has 0 saturated carbocycles. The molecule has 0 aliphatic carbocycles. The molecular weight excluding hydrogens is 580 g/mol. The Kier molecular flexibility index (Phi) is 11.0. The first kappa shape index (κ1) is 32.4. The lowest BCUT2D eigenvalue weighted by Crippen LogP contribution is -2.58. The van der Waals surface area contributed by atoms with Crippen LogP contribution in [0.25, 0.3) is 0 Å². The molecule has 6 N–H and O–H groups in total. The first-order chi connectivity index (χ1) is 20.0. The number of primary sulfonamides is 1. The number of amides is 1. The van der Waals surface area contributed by atoms with E-state index in [0.29, 0.717) is 31.0 Å². The van der Waals surface area contributed by atoms with Crippen molar-refractivity contribution in [2.75, 3.05) is 62.3 Å². The summed E-state index contributed by atoms with van der Waals surface area (Å²) in [6.45, 7) is 8.57. The number of sulfonamides is 1. The normalized spacial score (nSPS) is 20.0. The van der Waals surface area contributed by atoms with Crippen molar-refractivity contribution < 1.29 is 18.3 Å². The fourth-order valence-corrected chi connectivity index (χ4v) is 6.79. The molecule has 1 amide bonds. The standard InChI is InChI=1S/C28H43ClN8O4S/c1-3-21-17-36(27-25(29)33-24(26(30)34-27)28(39)32-11-4-16-42(31,40)41)14-15-37(21)22-9-12-35(13-10-22)23(18-38)20-7-5-19(2)6-8-20/h5-8,21-23,38H,3-4,9-18H2,1-2H3,(H2,30,34)(H,32,39)(H2,31,40,41)/t21-,23+/m0/s1. The topological polar surface area (TPSA) is 171 Å². The molecule has 0 bridgehead atoms. The number of piperazine rings is 1. The molecule has 4 rings (SSSR count). The summed E-state index contributed by atoms with van der Waals surface area (Å²) in [5.74, 6) is -0.393. The monoisotopic (exact) mass is 622 g/mol. The molecule has 2 atom stereocenters. The number of piperidine rings is 1. The number of nitrogens with zero attached hydrogens (tertiary/aromatic N) is 5. The molecule has 0 radical (unpaired) electrons. The highest BCUT2D eigenvalue weighted by atomic mass is 35.5. The fraction of sp³-hybridized carbons (Fsp3) is 0.607. The van der Waals surface area contributed by atoms with E-state index in [1.165, 1.54) is 5.56 Å². The van der Waals surface area contributed by atoms with Crippen LogP contribution in [0.2, 0.25) is 5.15 Å². The van der Waals surface area contributed by atoms with Gasteiger partial charge in [0.2, 0.25) is 10.0 Å². The number of nitrogens with two attached hydrogens (primary N) is 2. The van der Waals surface area contributed by atoms with Gasteiger partial charge in [0.15, 0.2) is 22.5 Å². The van der Waals surface area contributed by atoms with Crippen molar-refractivity contribution in [1.82, 2.24) is 25.1 Å². The summed E-state index contributed by atoms with van der Waals surface area (Å²) in [5, 5.41) is 17.8. The highest BCUT2D eigenvalue weighted by Gasteiger charge is 2.35. The maximum atomic E-state index is 12.6. The lowest BCUT2D eigenvalue weighted by molar-refractivity contribution is 0.0356. The minimum Gasteiger partial charge on any atom is -0.394 e. The molecule has 2 aliphatic heterocycles. The van der Waals surface area contributed by atoms with Gasteiger partial charge in [-0.2, -0.15) is 0 Å². The van der Waals surface area contributed by atoms with E-state index < -0.39 is 15.9 Å². The minimum atomic E-state index is -3.60. The number of rotatable bonds is 11. The van der Waals surface area contributed by atoms with Gasteiger partial charge in [0, 0.05) is 51.4 Å². The predicted octanol–water partition coefficient (Wildman–Crippen LogP) is 1.53. The van der Waals surface area contributed by atoms with E-state index in [1.807, 2.05) is 0 Å². The number of carbonyl (C=O) groups excluding carboxylic acids is 1. The van der Waals surface area contributed by atoms with Gasteiger partial charge in [0.25, 0.3) is 5.91 Å². The van der Waals surface area contributed by atoms with E-state index in [4.69, 9.17) is 22.5 Å². The number of carbonyl (C=O) groups is 1. The molecule has 14 heteroatoms. The maximum absolute atomic E-state index is 12.6. The number of anilines is 2. The fourth-order valence-electron chi connectivity index (χ4n) is 6.00. The number of nitrogen functional groups attached to an aromatic ring is 1. The number of aryl methyl sites for hydroxylation is 1. The maximum Gasteiger partial charge on any atom is 0.273 e. The minimum absolute atomic E-state index is 0.0173. The quantitative estimate of drug-likeness (QED) is 0.269. The van der Waals surface area contributed by atoms with Crippen LogP contribution in [-0.2, 0) is 10.0 Å². The van der Waals surface area contributed by atoms with Crippen LogP contribution in [0.5, 0.6) is 0 Å². The molecule has 12 nitrogen and oxygen atoms in total. The van der Waals surface area contributed by atoms with Crippen LogP contribution in [0, 0.1) is 6.92 Å². The third-order valence-corrected chi connectivity index (χ3v) is 9.42. The predicted molar refractivity (Wildman–Crippen MR) is 165 cm³/mol. The smallest absolute Gasteiger partial charge is 0.273 e. The number of aliphatic hydroxyl groups is 1. The van der Waals surface area contributed by atoms with Crippen LogP contribution in [0.3, 0.4) is 0 Å². The van der Waals surface area contributed by atoms with E-state index in [-0.39, 0.29) is 48.0 Å². The summed E-state index contributed by atoms with van der Waals surface area (Å²) in [6, 6.07) is 9.20. The number of nitrogens with one attached hydrogen (secondary N) is 1. The lowest BCUT2D eigenvalue weighted by Gasteiger charge is -2.48. The number of hydrogen-bond acceptors (Lipinski definition) is 10. The summed E-state index contributed by atoms with van der Waals surface area (Å²) in [4.78, 5) is 28.3. The Morgan fingerprint density at radius 1 is 1.17 bits per heavy atom. The Morgan fingerprint density at radius 3 is 2.48 bits per heavy atom. The molecule has 232 valence electrons. The molecule has 1 aromatic heterocycles. The molecular formula is C28H43ClN8O4S. The average Bonchev–Trinajstić information content (AvgIpc) is 2.97. The van der Waals surface area contributed by atoms with Crippen LogP contribution < -0.4 is 21.1 Å². The summed E-state index contributed by atoms with van der Waals surface area (Å²) < 4.78 is 22.2. The highest BCUT2D eigenvalue weighted by Crippen LogP contribution is 2.31. The number of aliphatic hydroxyl groups excluding tert-OH is 1. The Bertz CT molecular complexity index is 1320. The van der Waals surface area contributed by atoms with Gasteiger partial charge < -0.3 is 21.1 Å². The van der Waals surface area contributed by atoms with E-state index in [1.54, 1.807) is 0 Å². The Balaban J connectivity index is 1.35. The molecule has 42 heavy (non-hydrogen) atoms. The van der Waals surface area contributed by atoms with Crippen LogP contribution >= 0.6 is 11.6 Å². The van der Waals surface area contributed by atoms with Crippen LogP contribution in [-0.4, -0.2) is 103 Å². The third-order valence-electron chi connectivity index (χ3n) is 8.31. The van der Waals surface area contributed by atoms with Crippen LogP contribution in [0.4, 0.5) is 11.6 Å². The number of aromatic nitrogens is 2. The van der Waals surface area contributed by atoms with Crippen molar-refractivity contribution in [2.24, 2.45) is 5.14 Å². The Morgan fingerprint density at radius 2 is 1.86 bits per heavy atom. The zero-order chi connectivity index (χ0) is 30.4. The molecule has 2 aliphatic rings. The largest absolute Gasteiger partial charge is 0.394 e. The Hall–Kier alpha value is -2.55. The van der Waals surface area contributed by atoms with E-state index in [9.17, 15) is 18.3 Å². The van der Waals surface area contributed by atoms with Gasteiger partial charge in [-0.1, -0.05) is 48.4 Å². The van der Waals surface area contributed by atoms with Crippen molar-refractivity contribution >= 4 is 39.2 Å². The van der Waals surface area contributed by atoms with E-state index in [0.717, 1.165) is 44.5 Å². The summed E-state index contributed by atoms with van der Waals surface area (Å²) in [6.07, 6.45) is 3.19. The molecule has 0 spiro atoms. The highest BCUT2D eigenvalue weighted by molar-refractivity contribution is 7.89. The van der Waals surface area contributed by atoms with Gasteiger partial charge in [0.1, 0.15) is 0 Å². The van der Waals surface area contributed by atoms with Crippen LogP contribution in [0.15, 0.2) is 24.3 Å². The first-order valence-corrected chi connectivity index (χ1v) is 16.6. The molecule has 1 aromatic carbocycles. The lowest BCUT2D eigenvalue weighted by atomic mass is 9.95. The van der Waals surface area contributed by atoms with Gasteiger partial charge in [-0.3, -0.25) is 14.6 Å². The van der Waals surface area contributed by atoms with Crippen molar-refractivity contribution in [2.45, 2.75) is 57.7 Å². The number of benzene rings is 1. The zero-order valence-electron chi connectivity index (χ0n) is 24.4. The van der Waals surface area contributed by atoms with Gasteiger partial charge in [-0.05, 0) is 38.2 Å². The summed E-state index contributed by atoms with van der Waals surface area (Å²) in [7, 11) is -3.60. The van der Waals surface area contributed by atoms with Gasteiger partial charge in [-0.25, -0.2) is 23.5 Å². The van der Waals surface area contributed by atoms with E-state index >= 15 is 0 Å². The summed E-state index contributed by atoms with van der Waals surface area (Å²) >= 11 is 6.51. The van der Waals surface area contributed by atoms with E-state index in [2.05, 4.69) is 68.1 Å². The number of halogens is 1. The molecule has 2 fully saturated rings. The Labute approximate surface area is 253 Å². The number of likely N-dealkylation sites (tertiary alicyclic amines) is 1. The van der Waals surface area contributed by atoms with Crippen molar-refractivity contribution in [3.63, 3.8) is 0 Å². The molecule has 2 aromatic rings. The second-order valence-corrected chi connectivity index (χ2v) is 13.3. The molecule has 2 saturated heterocycles. The molecule has 0 unspecified atom stereocenters. The second-order valence-electron chi connectivity index (χ2n) is 11.2. The van der Waals surface area contributed by atoms with Gasteiger partial charge >= 0.3 is 0 Å². The summed E-state index contributed by atoms with van der Waals surface area (Å²) in [5.41, 5.74) is 8.39. The third kappa shape index (κ3) is 8.08. The van der Waals surface area contributed by atoms with Crippen molar-refractivity contribution in [3.8, 4) is 0 Å². The van der Waals surface area contributed by atoms with Gasteiger partial charge in [-0.15, -0.1) is 0 Å². The average molecular weight is 623 g/mol. The SMILES string of the molecule is CC[C@H]1CN(c2nc(N)c(C(=O)NCCCS(N)(=O)=O)nc2Cl)CCN1C1CCN([C@H](CO)c2ccc(C)cc2)CC1. The second kappa shape index (κ2) is 14.3. The number of hydrogen-bond donors (Lipinski definition) is 4.